The molecule has 3 aliphatic rings. The van der Waals surface area contributed by atoms with Crippen molar-refractivity contribution >= 4 is 51.8 Å². The third-order valence-corrected chi connectivity index (χ3v) is 14.4. The molecule has 3 aromatic carbocycles. The first kappa shape index (κ1) is 49.2. The highest BCUT2D eigenvalue weighted by Gasteiger charge is 2.44. The van der Waals surface area contributed by atoms with Crippen molar-refractivity contribution in [3.8, 4) is 0 Å². The molecule has 1 unspecified atom stereocenters. The number of methoxy groups -OCH3 is 4. The van der Waals surface area contributed by atoms with E-state index in [0.29, 0.717) is 37.6 Å². The molecule has 5 aromatic rings. The molecule has 17 heteroatoms. The molecule has 17 nitrogen and oxygen atoms in total. The average Bonchev–Trinajstić information content (AvgIpc) is 4.19. The Kier molecular flexibility index (Phi) is 14.3. The van der Waals surface area contributed by atoms with E-state index in [-0.39, 0.29) is 65.4 Å². The second-order valence-electron chi connectivity index (χ2n) is 20.5. The van der Waals surface area contributed by atoms with Gasteiger partial charge in [0, 0.05) is 45.8 Å². The second-order valence-corrected chi connectivity index (χ2v) is 20.5. The fraction of sp³-hybridized carbons (Fsp3) is 0.538. The van der Waals surface area contributed by atoms with Crippen molar-refractivity contribution in [2.75, 3.05) is 46.4 Å². The van der Waals surface area contributed by atoms with Gasteiger partial charge in [-0.25, -0.2) is 19.6 Å². The Morgan fingerprint density at radius 3 is 1.41 bits per heavy atom. The van der Waals surface area contributed by atoms with Gasteiger partial charge in [0.05, 0.1) is 72.7 Å². The number of fused-ring (bicyclic) bond motifs is 2. The number of anilines is 1. The van der Waals surface area contributed by atoms with Crippen LogP contribution in [0, 0.1) is 11.8 Å². The van der Waals surface area contributed by atoms with Gasteiger partial charge in [-0.2, -0.15) is 0 Å². The highest BCUT2D eigenvalue weighted by molar-refractivity contribution is 5.88. The molecule has 3 aliphatic heterocycles. The number of imidazole rings is 2. The van der Waals surface area contributed by atoms with Crippen LogP contribution in [0.15, 0.2) is 60.7 Å². The first-order valence-electron chi connectivity index (χ1n) is 24.2. The third-order valence-electron chi connectivity index (χ3n) is 14.4. The monoisotopic (exact) mass is 948 g/mol. The van der Waals surface area contributed by atoms with Crippen molar-refractivity contribution in [1.29, 1.82) is 0 Å². The van der Waals surface area contributed by atoms with Gasteiger partial charge in [-0.15, -0.1) is 0 Å². The number of nitrogens with zero attached hydrogens (tertiary/aromatic N) is 5. The summed E-state index contributed by atoms with van der Waals surface area (Å²) in [4.78, 5) is 76.1. The molecule has 4 N–H and O–H groups in total. The molecule has 2 aromatic heterocycles. The predicted octanol–water partition coefficient (Wildman–Crippen LogP) is 8.16. The summed E-state index contributed by atoms with van der Waals surface area (Å²) in [6.07, 6.45) is 1.19. The molecule has 370 valence electrons. The van der Waals surface area contributed by atoms with Crippen LogP contribution in [0.25, 0.3) is 22.1 Å². The molecule has 5 heterocycles. The Labute approximate surface area is 404 Å². The summed E-state index contributed by atoms with van der Waals surface area (Å²) in [5.74, 6) is 0.561. The Balaban J connectivity index is 1.11. The van der Waals surface area contributed by atoms with Crippen LogP contribution in [0.5, 0.6) is 0 Å². The number of hydrogen-bond acceptors (Lipinski definition) is 11. The van der Waals surface area contributed by atoms with Gasteiger partial charge < -0.3 is 54.2 Å². The number of hydrogen-bond donors (Lipinski definition) is 4. The summed E-state index contributed by atoms with van der Waals surface area (Å²) >= 11 is 0. The van der Waals surface area contributed by atoms with E-state index < -0.39 is 24.3 Å². The van der Waals surface area contributed by atoms with Crippen molar-refractivity contribution in [3.63, 3.8) is 0 Å². The number of nitrogens with one attached hydrogen (secondary N) is 4. The molecule has 3 fully saturated rings. The van der Waals surface area contributed by atoms with Crippen LogP contribution in [-0.4, -0.2) is 120 Å². The largest absolute Gasteiger partial charge is 0.453 e. The molecule has 8 atom stereocenters. The lowest BCUT2D eigenvalue weighted by atomic mass is 9.87. The number of amides is 4. The molecule has 0 radical (unpaired) electrons. The highest BCUT2D eigenvalue weighted by Crippen LogP contribution is 2.48. The van der Waals surface area contributed by atoms with Gasteiger partial charge in [0.15, 0.2) is 0 Å². The first-order chi connectivity index (χ1) is 32.9. The zero-order valence-electron chi connectivity index (χ0n) is 41.8. The van der Waals surface area contributed by atoms with E-state index in [1.165, 1.54) is 19.8 Å². The molecule has 0 saturated carbocycles. The molecule has 3 saturated heterocycles. The van der Waals surface area contributed by atoms with E-state index in [1.54, 1.807) is 24.0 Å². The lowest BCUT2D eigenvalue weighted by Gasteiger charge is -2.34. The number of benzene rings is 3. The Hall–Kier alpha value is -6.20. The fourth-order valence-corrected chi connectivity index (χ4v) is 10.5. The maximum absolute atomic E-state index is 14.1. The quantitative estimate of drug-likeness (QED) is 0.0889. The Morgan fingerprint density at radius 1 is 0.623 bits per heavy atom. The van der Waals surface area contributed by atoms with Gasteiger partial charge >= 0.3 is 12.2 Å². The van der Waals surface area contributed by atoms with E-state index in [1.807, 2.05) is 27.7 Å². The van der Waals surface area contributed by atoms with Crippen molar-refractivity contribution in [3.05, 3.63) is 89.0 Å². The van der Waals surface area contributed by atoms with Gasteiger partial charge in [0.1, 0.15) is 23.7 Å². The molecule has 8 rings (SSSR count). The fourth-order valence-electron chi connectivity index (χ4n) is 10.5. The topological polar surface area (TPSA) is 196 Å². The molecule has 0 aliphatic carbocycles. The summed E-state index contributed by atoms with van der Waals surface area (Å²) in [5, 5.41) is 5.47. The number of aromatic amines is 2. The molecule has 0 spiro atoms. The standard InChI is InChI=1S/C52H69N9O8/c1-28(2)44(57-50(64)68-10)48(62)59-26-34(66-8)24-42(59)46-53-36-18-12-30(22-38(36)55-46)40-20-21-41(61(40)33-16-14-32(15-17-33)52(5,6)7)31-13-19-37-39(23-31)56-47(54-37)43-25-35(67-9)27-60(43)49(63)45(29(3)4)58-51(65)69-11/h12-19,22-23,28-29,34-35,40-45H,20-21,24-27H2,1-11H3,(H,53,55)(H,54,56)(H,57,64)(H,58,65)/t34-,35-,40+,41+,42-,43-,44-,45?/m0/s1. The van der Waals surface area contributed by atoms with E-state index in [2.05, 4.69) is 107 Å². The number of rotatable bonds is 13. The number of carbonyl (C=O) groups is 4. The minimum atomic E-state index is -0.779. The van der Waals surface area contributed by atoms with Crippen molar-refractivity contribution < 1.29 is 38.1 Å². The van der Waals surface area contributed by atoms with Crippen LogP contribution >= 0.6 is 0 Å². The van der Waals surface area contributed by atoms with Crippen molar-refractivity contribution in [1.82, 2.24) is 40.4 Å². The number of alkyl carbamates (subject to hydrolysis) is 2. The van der Waals surface area contributed by atoms with E-state index in [0.717, 1.165) is 51.7 Å². The summed E-state index contributed by atoms with van der Waals surface area (Å²) in [6.45, 7) is 15.0. The number of ether oxygens (including phenoxy) is 4. The zero-order valence-corrected chi connectivity index (χ0v) is 41.8. The molecule has 4 amide bonds. The smallest absolute Gasteiger partial charge is 0.407 e. The summed E-state index contributed by atoms with van der Waals surface area (Å²) in [6, 6.07) is 19.5. The number of carbonyl (C=O) groups excluding carboxylic acids is 4. The van der Waals surface area contributed by atoms with Gasteiger partial charge in [-0.05, 0) is 83.2 Å². The summed E-state index contributed by atoms with van der Waals surface area (Å²) in [5.41, 5.74) is 7.97. The Bertz CT molecular complexity index is 2500. The van der Waals surface area contributed by atoms with Crippen molar-refractivity contribution in [2.24, 2.45) is 11.8 Å². The lowest BCUT2D eigenvalue weighted by Crippen LogP contribution is -2.51. The maximum Gasteiger partial charge on any atom is 0.407 e. The van der Waals surface area contributed by atoms with E-state index in [9.17, 15) is 19.2 Å². The molecular formula is C52H69N9O8. The van der Waals surface area contributed by atoms with Crippen LogP contribution < -0.4 is 15.5 Å². The van der Waals surface area contributed by atoms with E-state index in [4.69, 9.17) is 28.9 Å². The van der Waals surface area contributed by atoms with Gasteiger partial charge in [-0.3, -0.25) is 9.59 Å². The van der Waals surface area contributed by atoms with Gasteiger partial charge in [-0.1, -0.05) is 72.7 Å². The zero-order chi connectivity index (χ0) is 49.5. The van der Waals surface area contributed by atoms with Crippen LogP contribution in [0.4, 0.5) is 15.3 Å². The van der Waals surface area contributed by atoms with E-state index >= 15 is 0 Å². The predicted molar refractivity (Wildman–Crippen MR) is 263 cm³/mol. The average molecular weight is 948 g/mol. The Morgan fingerprint density at radius 2 is 1.04 bits per heavy atom. The first-order valence-corrected chi connectivity index (χ1v) is 24.2. The minimum Gasteiger partial charge on any atom is -0.453 e. The number of H-pyrrole nitrogens is 2. The highest BCUT2D eigenvalue weighted by atomic mass is 16.5. The lowest BCUT2D eigenvalue weighted by molar-refractivity contribution is -0.136. The summed E-state index contributed by atoms with van der Waals surface area (Å²) < 4.78 is 21.3. The van der Waals surface area contributed by atoms with Crippen LogP contribution in [0.2, 0.25) is 0 Å². The van der Waals surface area contributed by atoms with Gasteiger partial charge in [0.2, 0.25) is 11.8 Å². The SMILES string of the molecule is COC(=O)NC(C(=O)N1C[C@@H](OC)C[C@H]1c1nc2ccc([C@H]3CC[C@H](c4ccc5nc([C@@H]6C[C@H](OC)CN6C(=O)[C@@H](NC(=O)OC)C(C)C)[nH]c5c4)N3c3ccc(C(C)(C)C)cc3)cc2[nH]1)C(C)C. The number of aromatic nitrogens is 4. The van der Waals surface area contributed by atoms with Crippen LogP contribution in [-0.2, 0) is 34.0 Å². The molecule has 0 bridgehead atoms. The van der Waals surface area contributed by atoms with Crippen LogP contribution in [0.3, 0.4) is 0 Å². The number of likely N-dealkylation sites (tertiary alicyclic amines) is 2. The van der Waals surface area contributed by atoms with Crippen molar-refractivity contribution in [2.45, 2.75) is 128 Å². The normalized spacial score (nSPS) is 22.8. The van der Waals surface area contributed by atoms with Gasteiger partial charge in [0.25, 0.3) is 0 Å². The molecular weight excluding hydrogens is 879 g/mol. The second kappa shape index (κ2) is 20.0. The molecule has 69 heavy (non-hydrogen) atoms. The van der Waals surface area contributed by atoms with Crippen LogP contribution in [0.1, 0.15) is 127 Å². The third kappa shape index (κ3) is 9.98. The summed E-state index contributed by atoms with van der Waals surface area (Å²) in [7, 11) is 5.88. The minimum absolute atomic E-state index is 0.0122. The maximum atomic E-state index is 14.1.